The molecule has 1 unspecified atom stereocenters. The van der Waals surface area contributed by atoms with E-state index in [1.807, 2.05) is 0 Å². The molecule has 1 heteroatoms. The zero-order valence-electron chi connectivity index (χ0n) is 41.9. The second kappa shape index (κ2) is 17.0. The molecule has 14 rings (SSSR count). The topological polar surface area (TPSA) is 3.24 Å². The van der Waals surface area contributed by atoms with Crippen LogP contribution in [-0.2, 0) is 10.8 Å². The number of benzene rings is 12. The summed E-state index contributed by atoms with van der Waals surface area (Å²) in [4.78, 5) is 2.40. The summed E-state index contributed by atoms with van der Waals surface area (Å²) in [6, 6.07) is 99.1. The summed E-state index contributed by atoms with van der Waals surface area (Å²) in [5.41, 5.74) is 24.8. The van der Waals surface area contributed by atoms with E-state index in [0.29, 0.717) is 0 Å². The molecular weight excluding hydrogens is 891 g/mol. The van der Waals surface area contributed by atoms with E-state index in [9.17, 15) is 0 Å². The van der Waals surface area contributed by atoms with Gasteiger partial charge in [-0.15, -0.1) is 0 Å². The van der Waals surface area contributed by atoms with Crippen LogP contribution in [-0.4, -0.2) is 0 Å². The average molecular weight is 944 g/mol. The molecule has 0 saturated heterocycles. The van der Waals surface area contributed by atoms with Gasteiger partial charge in [0.1, 0.15) is 0 Å². The standard InChI is InChI=1S/C73H53N/c1-72(2)68-30-15-13-27-63(68)66-29-17-28-65(71(66)72)60-24-10-9-21-57(60)49-34-41-55(42-35-49)74(56-43-36-50(37-44-56)67-46-52-18-7-8-22-58(52)59-23-11-12-25-61(59)67)54-39-32-48(33-40-54)51-38-45-64-62-26-14-16-31-69(62)73(3,70(64)47-51)53-19-5-4-6-20-53/h4-47H,1-3H3. The van der Waals surface area contributed by atoms with Crippen molar-refractivity contribution >= 4 is 38.6 Å². The minimum absolute atomic E-state index is 0.123. The highest BCUT2D eigenvalue weighted by atomic mass is 15.1. The van der Waals surface area contributed by atoms with Crippen LogP contribution in [0.5, 0.6) is 0 Å². The molecule has 0 aromatic heterocycles. The highest BCUT2D eigenvalue weighted by molar-refractivity contribution is 6.14. The van der Waals surface area contributed by atoms with Gasteiger partial charge in [-0.2, -0.15) is 0 Å². The number of rotatable bonds is 8. The van der Waals surface area contributed by atoms with Crippen molar-refractivity contribution in [2.45, 2.75) is 31.6 Å². The molecular formula is C73H53N. The molecule has 0 amide bonds. The Morgan fingerprint density at radius 3 is 1.41 bits per heavy atom. The fourth-order valence-corrected chi connectivity index (χ4v) is 12.9. The molecule has 0 bridgehead atoms. The van der Waals surface area contributed by atoms with Crippen LogP contribution in [0.15, 0.2) is 267 Å². The smallest absolute Gasteiger partial charge is 0.0462 e. The molecule has 12 aromatic carbocycles. The van der Waals surface area contributed by atoms with Crippen LogP contribution in [0, 0.1) is 0 Å². The van der Waals surface area contributed by atoms with Crippen molar-refractivity contribution in [1.29, 1.82) is 0 Å². The minimum atomic E-state index is -0.262. The van der Waals surface area contributed by atoms with Crippen LogP contribution < -0.4 is 4.90 Å². The molecule has 0 N–H and O–H groups in total. The van der Waals surface area contributed by atoms with Crippen molar-refractivity contribution in [3.8, 4) is 66.8 Å². The molecule has 0 heterocycles. The van der Waals surface area contributed by atoms with Gasteiger partial charge in [-0.3, -0.25) is 0 Å². The summed E-state index contributed by atoms with van der Waals surface area (Å²) in [6.07, 6.45) is 0. The molecule has 0 aliphatic heterocycles. The van der Waals surface area contributed by atoms with Crippen molar-refractivity contribution in [1.82, 2.24) is 0 Å². The third kappa shape index (κ3) is 6.77. The largest absolute Gasteiger partial charge is 0.311 e. The van der Waals surface area contributed by atoms with E-state index < -0.39 is 0 Å². The summed E-state index contributed by atoms with van der Waals surface area (Å²) in [5.74, 6) is 0. The highest BCUT2D eigenvalue weighted by Crippen LogP contribution is 2.55. The maximum Gasteiger partial charge on any atom is 0.0462 e. The SMILES string of the molecule is CC1(C)c2ccccc2-c2cccc(-c3ccccc3-c3ccc(N(c4ccc(-c5ccc6c(c5)C(C)(c5ccccc5)c5ccccc5-6)cc4)c4ccc(-c5cc6ccccc6c6ccccc56)cc4)cc3)c21. The Hall–Kier alpha value is -9.04. The fraction of sp³-hybridized carbons (Fsp3) is 0.0685. The van der Waals surface area contributed by atoms with Gasteiger partial charge in [-0.1, -0.05) is 232 Å². The van der Waals surface area contributed by atoms with Crippen LogP contribution in [0.25, 0.3) is 88.3 Å². The van der Waals surface area contributed by atoms with Crippen molar-refractivity contribution in [2.24, 2.45) is 0 Å². The molecule has 0 spiro atoms. The van der Waals surface area contributed by atoms with Crippen LogP contribution >= 0.6 is 0 Å². The van der Waals surface area contributed by atoms with Crippen molar-refractivity contribution in [2.75, 3.05) is 4.90 Å². The monoisotopic (exact) mass is 943 g/mol. The van der Waals surface area contributed by atoms with Crippen LogP contribution in [0.1, 0.15) is 48.6 Å². The molecule has 2 aliphatic rings. The minimum Gasteiger partial charge on any atom is -0.311 e. The maximum atomic E-state index is 2.43. The number of nitrogens with zero attached hydrogens (tertiary/aromatic N) is 1. The lowest BCUT2D eigenvalue weighted by Gasteiger charge is -2.28. The Balaban J connectivity index is 0.861. The first kappa shape index (κ1) is 43.7. The fourth-order valence-electron chi connectivity index (χ4n) is 12.9. The molecule has 0 radical (unpaired) electrons. The second-order valence-corrected chi connectivity index (χ2v) is 20.9. The lowest BCUT2D eigenvalue weighted by Crippen LogP contribution is -2.22. The summed E-state index contributed by atoms with van der Waals surface area (Å²) in [7, 11) is 0. The van der Waals surface area contributed by atoms with Crippen molar-refractivity contribution in [3.05, 3.63) is 295 Å². The lowest BCUT2D eigenvalue weighted by atomic mass is 9.74. The number of hydrogen-bond donors (Lipinski definition) is 0. The first-order valence-electron chi connectivity index (χ1n) is 26.0. The lowest BCUT2D eigenvalue weighted by molar-refractivity contribution is 0.662. The summed E-state index contributed by atoms with van der Waals surface area (Å²) < 4.78 is 0. The van der Waals surface area contributed by atoms with E-state index in [-0.39, 0.29) is 10.8 Å². The molecule has 74 heavy (non-hydrogen) atoms. The zero-order chi connectivity index (χ0) is 49.5. The highest BCUT2D eigenvalue weighted by Gasteiger charge is 2.41. The second-order valence-electron chi connectivity index (χ2n) is 20.9. The van der Waals surface area contributed by atoms with E-state index in [1.165, 1.54) is 116 Å². The molecule has 2 aliphatic carbocycles. The van der Waals surface area contributed by atoms with Crippen molar-refractivity contribution < 1.29 is 0 Å². The van der Waals surface area contributed by atoms with Gasteiger partial charge >= 0.3 is 0 Å². The predicted molar refractivity (Wildman–Crippen MR) is 313 cm³/mol. The zero-order valence-corrected chi connectivity index (χ0v) is 41.9. The molecule has 1 nitrogen and oxygen atoms in total. The van der Waals surface area contributed by atoms with E-state index in [0.717, 1.165) is 17.1 Å². The third-order valence-corrected chi connectivity index (χ3v) is 16.6. The average Bonchev–Trinajstić information content (AvgIpc) is 3.87. The normalized spacial score (nSPS) is 14.9. The van der Waals surface area contributed by atoms with Crippen LogP contribution in [0.2, 0.25) is 0 Å². The number of hydrogen-bond acceptors (Lipinski definition) is 1. The summed E-state index contributed by atoms with van der Waals surface area (Å²) >= 11 is 0. The molecule has 12 aromatic rings. The van der Waals surface area contributed by atoms with Gasteiger partial charge in [0.15, 0.2) is 0 Å². The number of fused-ring (bicyclic) bond motifs is 9. The Labute approximate surface area is 434 Å². The van der Waals surface area contributed by atoms with Gasteiger partial charge in [0.25, 0.3) is 0 Å². The van der Waals surface area contributed by atoms with E-state index in [1.54, 1.807) is 0 Å². The first-order valence-corrected chi connectivity index (χ1v) is 26.0. The quantitative estimate of drug-likeness (QED) is 0.137. The van der Waals surface area contributed by atoms with E-state index in [2.05, 4.69) is 293 Å². The van der Waals surface area contributed by atoms with E-state index >= 15 is 0 Å². The molecule has 1 atom stereocenters. The molecule has 350 valence electrons. The maximum absolute atomic E-state index is 2.43. The predicted octanol–water partition coefficient (Wildman–Crippen LogP) is 19.8. The number of anilines is 3. The van der Waals surface area contributed by atoms with Gasteiger partial charge in [-0.05, 0) is 172 Å². The van der Waals surface area contributed by atoms with Crippen molar-refractivity contribution in [3.63, 3.8) is 0 Å². The Kier molecular flexibility index (Phi) is 10.1. The van der Waals surface area contributed by atoms with E-state index in [4.69, 9.17) is 0 Å². The van der Waals surface area contributed by atoms with Gasteiger partial charge in [0, 0.05) is 27.9 Å². The Morgan fingerprint density at radius 2 is 0.730 bits per heavy atom. The Bertz CT molecular complexity index is 4140. The molecule has 0 saturated carbocycles. The van der Waals surface area contributed by atoms with Gasteiger partial charge in [-0.25, -0.2) is 0 Å². The van der Waals surface area contributed by atoms with Gasteiger partial charge in [0.05, 0.1) is 0 Å². The first-order chi connectivity index (χ1) is 36.3. The van der Waals surface area contributed by atoms with Gasteiger partial charge in [0.2, 0.25) is 0 Å². The van der Waals surface area contributed by atoms with Gasteiger partial charge < -0.3 is 4.90 Å². The van der Waals surface area contributed by atoms with Crippen LogP contribution in [0.3, 0.4) is 0 Å². The summed E-state index contributed by atoms with van der Waals surface area (Å²) in [5, 5.41) is 5.06. The Morgan fingerprint density at radius 1 is 0.270 bits per heavy atom. The van der Waals surface area contributed by atoms with Crippen LogP contribution in [0.4, 0.5) is 17.1 Å². The third-order valence-electron chi connectivity index (χ3n) is 16.6. The summed E-state index contributed by atoms with van der Waals surface area (Å²) in [6.45, 7) is 7.15. The molecule has 0 fully saturated rings.